The van der Waals surface area contributed by atoms with E-state index in [4.69, 9.17) is 4.74 Å². The minimum Gasteiger partial charge on any atom is -0.545 e. The van der Waals surface area contributed by atoms with Crippen molar-refractivity contribution in [2.45, 2.75) is 0 Å². The number of carboxylic acids is 1. The Balaban J connectivity index is 2.21. The van der Waals surface area contributed by atoms with Crippen molar-refractivity contribution in [2.24, 2.45) is 0 Å². The number of carbonyl (C=O) groups is 2. The summed E-state index contributed by atoms with van der Waals surface area (Å²) in [6.07, 6.45) is 0. The topological polar surface area (TPSA) is 78.5 Å². The van der Waals surface area contributed by atoms with Gasteiger partial charge < -0.3 is 20.0 Å². The number of aromatic carboxylic acids is 1. The number of nitrogens with one attached hydrogen (secondary N) is 1. The maximum Gasteiger partial charge on any atom is 0.256 e. The van der Waals surface area contributed by atoms with Crippen LogP contribution >= 0.6 is 0 Å². The van der Waals surface area contributed by atoms with Crippen LogP contribution in [0.25, 0.3) is 0 Å². The fraction of sp³-hybridized carbons (Fsp3) is 0.0667. The van der Waals surface area contributed by atoms with E-state index in [1.54, 1.807) is 37.4 Å². The maximum absolute atomic E-state index is 12.1. The normalized spacial score (nSPS) is 9.85. The summed E-state index contributed by atoms with van der Waals surface area (Å²) in [7, 11) is 1.55. The first-order chi connectivity index (χ1) is 9.61. The van der Waals surface area contributed by atoms with Crippen molar-refractivity contribution in [1.29, 1.82) is 0 Å². The van der Waals surface area contributed by atoms with Gasteiger partial charge in [-0.3, -0.25) is 4.79 Å². The minimum absolute atomic E-state index is 0.0586. The molecule has 0 saturated carbocycles. The Morgan fingerprint density at radius 1 is 1.00 bits per heavy atom. The lowest BCUT2D eigenvalue weighted by Crippen LogP contribution is -2.26. The molecule has 0 atom stereocenters. The summed E-state index contributed by atoms with van der Waals surface area (Å²) in [4.78, 5) is 23.0. The number of benzene rings is 2. The van der Waals surface area contributed by atoms with E-state index in [0.717, 1.165) is 0 Å². The third kappa shape index (κ3) is 2.95. The molecule has 0 radical (unpaired) electrons. The summed E-state index contributed by atoms with van der Waals surface area (Å²) in [5, 5.41) is 13.6. The van der Waals surface area contributed by atoms with Gasteiger partial charge in [-0.05, 0) is 30.3 Å². The van der Waals surface area contributed by atoms with Crippen LogP contribution in [0.1, 0.15) is 20.7 Å². The van der Waals surface area contributed by atoms with Gasteiger partial charge in [0, 0.05) is 16.8 Å². The van der Waals surface area contributed by atoms with E-state index in [9.17, 15) is 14.7 Å². The van der Waals surface area contributed by atoms with Crippen molar-refractivity contribution in [1.82, 2.24) is 0 Å². The molecule has 0 aliphatic carbocycles. The highest BCUT2D eigenvalue weighted by Gasteiger charge is 2.11. The standard InChI is InChI=1S/C15H13NO4/c1-20-11-8-6-10(7-9-11)16-14(17)12-4-2-3-5-13(12)15(18)19/h2-9H,1H3,(H,16,17)(H,18,19)/p-1. The monoisotopic (exact) mass is 270 g/mol. The number of anilines is 1. The molecule has 0 spiro atoms. The maximum atomic E-state index is 12.1. The molecule has 0 aliphatic rings. The molecule has 5 nitrogen and oxygen atoms in total. The van der Waals surface area contributed by atoms with Crippen LogP contribution in [0.4, 0.5) is 5.69 Å². The number of hydrogen-bond acceptors (Lipinski definition) is 4. The Bertz CT molecular complexity index is 635. The van der Waals surface area contributed by atoms with E-state index in [1.807, 2.05) is 0 Å². The summed E-state index contributed by atoms with van der Waals surface area (Å²) in [5.41, 5.74) is 0.464. The van der Waals surface area contributed by atoms with Crippen molar-refractivity contribution in [3.8, 4) is 5.75 Å². The van der Waals surface area contributed by atoms with Crippen molar-refractivity contribution < 1.29 is 19.4 Å². The number of rotatable bonds is 4. The molecule has 2 aromatic carbocycles. The molecule has 0 saturated heterocycles. The van der Waals surface area contributed by atoms with Crippen LogP contribution < -0.4 is 15.2 Å². The van der Waals surface area contributed by atoms with Crippen LogP contribution in [-0.2, 0) is 0 Å². The molecule has 102 valence electrons. The lowest BCUT2D eigenvalue weighted by atomic mass is 10.1. The Morgan fingerprint density at radius 3 is 2.15 bits per heavy atom. The Labute approximate surface area is 115 Å². The van der Waals surface area contributed by atoms with Crippen LogP contribution in [-0.4, -0.2) is 19.0 Å². The van der Waals surface area contributed by atoms with E-state index < -0.39 is 11.9 Å². The third-order valence-electron chi connectivity index (χ3n) is 2.74. The summed E-state index contributed by atoms with van der Waals surface area (Å²) in [6.45, 7) is 0. The highest BCUT2D eigenvalue weighted by molar-refractivity contribution is 6.10. The number of carbonyl (C=O) groups excluding carboxylic acids is 2. The van der Waals surface area contributed by atoms with Crippen LogP contribution in [0.5, 0.6) is 5.75 Å². The van der Waals surface area contributed by atoms with Crippen LogP contribution in [0.2, 0.25) is 0 Å². The summed E-state index contributed by atoms with van der Waals surface area (Å²) < 4.78 is 5.01. The molecule has 0 fully saturated rings. The van der Waals surface area contributed by atoms with E-state index >= 15 is 0 Å². The van der Waals surface area contributed by atoms with Crippen molar-refractivity contribution in [2.75, 3.05) is 12.4 Å². The summed E-state index contributed by atoms with van der Waals surface area (Å²) in [5.74, 6) is -1.22. The largest absolute Gasteiger partial charge is 0.545 e. The molecule has 0 aromatic heterocycles. The Kier molecular flexibility index (Phi) is 4.00. The molecular weight excluding hydrogens is 258 g/mol. The Morgan fingerprint density at radius 2 is 1.60 bits per heavy atom. The average molecular weight is 270 g/mol. The van der Waals surface area contributed by atoms with Gasteiger partial charge in [0.1, 0.15) is 5.75 Å². The fourth-order valence-corrected chi connectivity index (χ4v) is 1.73. The molecule has 1 amide bonds. The summed E-state index contributed by atoms with van der Waals surface area (Å²) in [6, 6.07) is 12.6. The SMILES string of the molecule is COc1ccc(NC(=O)c2ccccc2C(=O)[O-])cc1. The second-order valence-electron chi connectivity index (χ2n) is 4.02. The zero-order valence-electron chi connectivity index (χ0n) is 10.8. The van der Waals surface area contributed by atoms with Crippen LogP contribution in [0.3, 0.4) is 0 Å². The zero-order chi connectivity index (χ0) is 14.5. The number of carboxylic acid groups (broad SMARTS) is 1. The first-order valence-electron chi connectivity index (χ1n) is 5.87. The average Bonchev–Trinajstić information content (AvgIpc) is 2.48. The van der Waals surface area contributed by atoms with Crippen molar-refractivity contribution in [3.63, 3.8) is 0 Å². The van der Waals surface area contributed by atoms with Gasteiger partial charge in [0.25, 0.3) is 5.91 Å². The molecule has 20 heavy (non-hydrogen) atoms. The molecule has 2 rings (SSSR count). The zero-order valence-corrected chi connectivity index (χ0v) is 10.8. The van der Waals surface area contributed by atoms with Gasteiger partial charge in [-0.2, -0.15) is 0 Å². The van der Waals surface area contributed by atoms with Gasteiger partial charge in [-0.1, -0.05) is 18.2 Å². The third-order valence-corrected chi connectivity index (χ3v) is 2.74. The van der Waals surface area contributed by atoms with Gasteiger partial charge >= 0.3 is 0 Å². The predicted octanol–water partition coefficient (Wildman–Crippen LogP) is 1.31. The first kappa shape index (κ1) is 13.6. The predicted molar refractivity (Wildman–Crippen MR) is 71.7 cm³/mol. The lowest BCUT2D eigenvalue weighted by Gasteiger charge is -2.11. The molecule has 0 unspecified atom stereocenters. The second kappa shape index (κ2) is 5.88. The van der Waals surface area contributed by atoms with Gasteiger partial charge in [0.05, 0.1) is 13.1 Å². The molecule has 0 aliphatic heterocycles. The molecule has 0 bridgehead atoms. The number of ether oxygens (including phenoxy) is 1. The van der Waals surface area contributed by atoms with Gasteiger partial charge in [-0.25, -0.2) is 0 Å². The quantitative estimate of drug-likeness (QED) is 0.908. The van der Waals surface area contributed by atoms with Crippen molar-refractivity contribution in [3.05, 3.63) is 59.7 Å². The molecule has 0 heterocycles. The summed E-state index contributed by atoms with van der Waals surface area (Å²) >= 11 is 0. The van der Waals surface area contributed by atoms with Gasteiger partial charge in [0.2, 0.25) is 0 Å². The number of hydrogen-bond donors (Lipinski definition) is 1. The Hall–Kier alpha value is -2.82. The minimum atomic E-state index is -1.38. The van der Waals surface area contributed by atoms with E-state index in [0.29, 0.717) is 11.4 Å². The van der Waals surface area contributed by atoms with E-state index in [-0.39, 0.29) is 11.1 Å². The van der Waals surface area contributed by atoms with Crippen LogP contribution in [0.15, 0.2) is 48.5 Å². The molecular formula is C15H12NO4-. The van der Waals surface area contributed by atoms with Gasteiger partial charge in [0.15, 0.2) is 0 Å². The van der Waals surface area contributed by atoms with Crippen LogP contribution in [0, 0.1) is 0 Å². The molecule has 2 aromatic rings. The smallest absolute Gasteiger partial charge is 0.256 e. The second-order valence-corrected chi connectivity index (χ2v) is 4.02. The highest BCUT2D eigenvalue weighted by Crippen LogP contribution is 2.17. The fourth-order valence-electron chi connectivity index (χ4n) is 1.73. The van der Waals surface area contributed by atoms with Gasteiger partial charge in [-0.15, -0.1) is 0 Å². The lowest BCUT2D eigenvalue weighted by molar-refractivity contribution is -0.255. The first-order valence-corrected chi connectivity index (χ1v) is 5.87. The number of amides is 1. The van der Waals surface area contributed by atoms with Crippen molar-refractivity contribution >= 4 is 17.6 Å². The van der Waals surface area contributed by atoms with E-state index in [1.165, 1.54) is 18.2 Å². The number of methoxy groups -OCH3 is 1. The molecule has 1 N–H and O–H groups in total. The molecule has 5 heteroatoms. The highest BCUT2D eigenvalue weighted by atomic mass is 16.5. The van der Waals surface area contributed by atoms with E-state index in [2.05, 4.69) is 5.32 Å².